The molecule has 1 rings (SSSR count). The van der Waals surface area contributed by atoms with Crippen LogP contribution in [-0.2, 0) is 4.74 Å². The van der Waals surface area contributed by atoms with Gasteiger partial charge in [0.05, 0.1) is 5.25 Å². The number of nitrogens with two attached hydrogens (primary N) is 1. The number of hydrogen-bond acceptors (Lipinski definition) is 4. The third-order valence-electron chi connectivity index (χ3n) is 2.43. The van der Waals surface area contributed by atoms with Crippen LogP contribution in [0, 0.1) is 6.92 Å². The highest BCUT2D eigenvalue weighted by Gasteiger charge is 2.19. The van der Waals surface area contributed by atoms with E-state index in [4.69, 9.17) is 10.5 Å². The highest BCUT2D eigenvalue weighted by atomic mass is 32.2. The Morgan fingerprint density at radius 2 is 2.31 bits per heavy atom. The quantitative estimate of drug-likeness (QED) is 0.764. The second kappa shape index (κ2) is 7.33. The SMILES string of the molecule is COCCCSC(c1sccc1C)C(C)N. The molecule has 0 saturated heterocycles. The number of ether oxygens (including phenoxy) is 1. The largest absolute Gasteiger partial charge is 0.385 e. The van der Waals surface area contributed by atoms with E-state index in [2.05, 4.69) is 25.3 Å². The fourth-order valence-electron chi connectivity index (χ4n) is 1.56. The number of thiophene rings is 1. The first-order valence-corrected chi connectivity index (χ1v) is 7.49. The highest BCUT2D eigenvalue weighted by Crippen LogP contribution is 2.36. The molecule has 0 aliphatic rings. The number of thioether (sulfide) groups is 1. The predicted octanol–water partition coefficient (Wildman–Crippen LogP) is 3.21. The smallest absolute Gasteiger partial charge is 0.0542 e. The molecule has 0 aliphatic heterocycles. The van der Waals surface area contributed by atoms with E-state index in [0.29, 0.717) is 5.25 Å². The van der Waals surface area contributed by atoms with Crippen LogP contribution in [0.15, 0.2) is 11.4 Å². The number of hydrogen-bond donors (Lipinski definition) is 1. The lowest BCUT2D eigenvalue weighted by Crippen LogP contribution is -2.22. The van der Waals surface area contributed by atoms with Crippen LogP contribution < -0.4 is 5.73 Å². The summed E-state index contributed by atoms with van der Waals surface area (Å²) >= 11 is 3.76. The van der Waals surface area contributed by atoms with Crippen molar-refractivity contribution in [2.75, 3.05) is 19.5 Å². The van der Waals surface area contributed by atoms with Gasteiger partial charge in [-0.2, -0.15) is 11.8 Å². The van der Waals surface area contributed by atoms with E-state index < -0.39 is 0 Å². The van der Waals surface area contributed by atoms with Crippen molar-refractivity contribution in [3.05, 3.63) is 21.9 Å². The van der Waals surface area contributed by atoms with Crippen LogP contribution >= 0.6 is 23.1 Å². The summed E-state index contributed by atoms with van der Waals surface area (Å²) in [7, 11) is 1.75. The fourth-order valence-corrected chi connectivity index (χ4v) is 4.13. The minimum atomic E-state index is 0.199. The van der Waals surface area contributed by atoms with Gasteiger partial charge in [0.15, 0.2) is 0 Å². The molecular weight excluding hydrogens is 238 g/mol. The number of methoxy groups -OCH3 is 1. The van der Waals surface area contributed by atoms with Gasteiger partial charge in [-0.05, 0) is 43.0 Å². The lowest BCUT2D eigenvalue weighted by molar-refractivity contribution is 0.200. The van der Waals surface area contributed by atoms with Crippen molar-refractivity contribution in [3.8, 4) is 0 Å². The zero-order valence-electron chi connectivity index (χ0n) is 10.2. The molecule has 0 aromatic carbocycles. The van der Waals surface area contributed by atoms with Gasteiger partial charge in [0.25, 0.3) is 0 Å². The van der Waals surface area contributed by atoms with Crippen LogP contribution in [0.2, 0.25) is 0 Å². The van der Waals surface area contributed by atoms with E-state index >= 15 is 0 Å². The third-order valence-corrected chi connectivity index (χ3v) is 5.23. The van der Waals surface area contributed by atoms with Gasteiger partial charge in [-0.3, -0.25) is 0 Å². The van der Waals surface area contributed by atoms with Gasteiger partial charge in [0.1, 0.15) is 0 Å². The standard InChI is InChI=1S/C12H21NOS2/c1-9-5-8-16-11(9)12(10(2)13)15-7-4-6-14-3/h5,8,10,12H,4,6-7,13H2,1-3H3. The van der Waals surface area contributed by atoms with Crippen LogP contribution in [-0.4, -0.2) is 25.5 Å². The first-order chi connectivity index (χ1) is 7.66. The van der Waals surface area contributed by atoms with Gasteiger partial charge in [-0.25, -0.2) is 0 Å². The van der Waals surface area contributed by atoms with E-state index in [9.17, 15) is 0 Å². The van der Waals surface area contributed by atoms with Crippen molar-refractivity contribution >= 4 is 23.1 Å². The van der Waals surface area contributed by atoms with Crippen molar-refractivity contribution in [3.63, 3.8) is 0 Å². The molecule has 2 unspecified atom stereocenters. The summed E-state index contributed by atoms with van der Waals surface area (Å²) in [6.07, 6.45) is 1.09. The van der Waals surface area contributed by atoms with Crippen LogP contribution in [0.5, 0.6) is 0 Å². The maximum absolute atomic E-state index is 6.07. The van der Waals surface area contributed by atoms with E-state index in [1.54, 1.807) is 7.11 Å². The monoisotopic (exact) mass is 259 g/mol. The summed E-state index contributed by atoms with van der Waals surface area (Å²) in [5, 5.41) is 2.58. The maximum Gasteiger partial charge on any atom is 0.0542 e. The highest BCUT2D eigenvalue weighted by molar-refractivity contribution is 7.99. The van der Waals surface area contributed by atoms with E-state index in [0.717, 1.165) is 18.8 Å². The number of rotatable bonds is 7. The van der Waals surface area contributed by atoms with Crippen LogP contribution in [0.1, 0.15) is 29.0 Å². The van der Waals surface area contributed by atoms with E-state index in [1.165, 1.54) is 10.4 Å². The maximum atomic E-state index is 6.07. The average molecular weight is 259 g/mol. The molecule has 1 aromatic heterocycles. The van der Waals surface area contributed by atoms with Crippen molar-refractivity contribution < 1.29 is 4.74 Å². The average Bonchev–Trinajstić information content (AvgIpc) is 2.64. The van der Waals surface area contributed by atoms with E-state index in [1.807, 2.05) is 23.1 Å². The Morgan fingerprint density at radius 1 is 1.56 bits per heavy atom. The zero-order valence-corrected chi connectivity index (χ0v) is 11.9. The Bertz CT molecular complexity index is 299. The predicted molar refractivity (Wildman–Crippen MR) is 74.4 cm³/mol. The van der Waals surface area contributed by atoms with Gasteiger partial charge in [-0.1, -0.05) is 0 Å². The summed E-state index contributed by atoms with van der Waals surface area (Å²) < 4.78 is 5.06. The van der Waals surface area contributed by atoms with Crippen LogP contribution in [0.3, 0.4) is 0 Å². The minimum absolute atomic E-state index is 0.199. The van der Waals surface area contributed by atoms with Gasteiger partial charge >= 0.3 is 0 Å². The van der Waals surface area contributed by atoms with Crippen LogP contribution in [0.25, 0.3) is 0 Å². The molecule has 0 radical (unpaired) electrons. The molecule has 1 heterocycles. The molecule has 0 amide bonds. The Morgan fingerprint density at radius 3 is 2.81 bits per heavy atom. The molecule has 2 N–H and O–H groups in total. The van der Waals surface area contributed by atoms with Crippen molar-refractivity contribution in [2.24, 2.45) is 5.73 Å². The van der Waals surface area contributed by atoms with Gasteiger partial charge in [0.2, 0.25) is 0 Å². The Labute approximate surface area is 107 Å². The van der Waals surface area contributed by atoms with Crippen LogP contribution in [0.4, 0.5) is 0 Å². The zero-order chi connectivity index (χ0) is 12.0. The molecule has 92 valence electrons. The molecular formula is C12H21NOS2. The summed E-state index contributed by atoms with van der Waals surface area (Å²) in [5.74, 6) is 1.11. The van der Waals surface area contributed by atoms with Gasteiger partial charge in [0, 0.05) is 24.6 Å². The summed E-state index contributed by atoms with van der Waals surface area (Å²) in [4.78, 5) is 1.43. The lowest BCUT2D eigenvalue weighted by atomic mass is 10.1. The Balaban J connectivity index is 2.52. The second-order valence-corrected chi connectivity index (χ2v) is 6.16. The fraction of sp³-hybridized carbons (Fsp3) is 0.667. The minimum Gasteiger partial charge on any atom is -0.385 e. The van der Waals surface area contributed by atoms with Gasteiger partial charge < -0.3 is 10.5 Å². The van der Waals surface area contributed by atoms with Crippen molar-refractivity contribution in [1.29, 1.82) is 0 Å². The normalized spacial score (nSPS) is 15.0. The first kappa shape index (κ1) is 14.0. The third kappa shape index (κ3) is 4.09. The molecule has 16 heavy (non-hydrogen) atoms. The molecule has 4 heteroatoms. The molecule has 2 nitrogen and oxygen atoms in total. The Kier molecular flexibility index (Phi) is 6.43. The molecule has 0 spiro atoms. The molecule has 0 bridgehead atoms. The van der Waals surface area contributed by atoms with Crippen molar-refractivity contribution in [1.82, 2.24) is 0 Å². The summed E-state index contributed by atoms with van der Waals surface area (Å²) in [6, 6.07) is 2.37. The first-order valence-electron chi connectivity index (χ1n) is 5.57. The summed E-state index contributed by atoms with van der Waals surface area (Å²) in [6.45, 7) is 5.09. The second-order valence-electron chi connectivity index (χ2n) is 3.96. The lowest BCUT2D eigenvalue weighted by Gasteiger charge is -2.20. The van der Waals surface area contributed by atoms with E-state index in [-0.39, 0.29) is 6.04 Å². The Hall–Kier alpha value is -0.0300. The molecule has 0 aliphatic carbocycles. The molecule has 1 aromatic rings. The molecule has 0 fully saturated rings. The number of aryl methyl sites for hydroxylation is 1. The van der Waals surface area contributed by atoms with Crippen molar-refractivity contribution in [2.45, 2.75) is 31.6 Å². The summed E-state index contributed by atoms with van der Waals surface area (Å²) in [5.41, 5.74) is 7.43. The molecule has 2 atom stereocenters. The molecule has 0 saturated carbocycles. The van der Waals surface area contributed by atoms with Gasteiger partial charge in [-0.15, -0.1) is 11.3 Å². The topological polar surface area (TPSA) is 35.2 Å².